The molecule has 0 radical (unpaired) electrons. The molecule has 1 aliphatic heterocycles. The molecular weight excluding hydrogens is 286 g/mol. The van der Waals surface area contributed by atoms with E-state index in [1.165, 1.54) is 13.2 Å². The van der Waals surface area contributed by atoms with Gasteiger partial charge in [-0.3, -0.25) is 4.79 Å². The third kappa shape index (κ3) is 3.53. The Morgan fingerprint density at radius 2 is 2.25 bits per heavy atom. The Hall–Kier alpha value is -1.50. The molecule has 1 heterocycles. The quantitative estimate of drug-likeness (QED) is 0.843. The molecule has 6 nitrogen and oxygen atoms in total. The minimum absolute atomic E-state index is 0.0960. The molecule has 0 saturated heterocycles. The third-order valence-corrected chi connectivity index (χ3v) is 3.00. The molecule has 0 saturated carbocycles. The highest BCUT2D eigenvalue weighted by Crippen LogP contribution is 2.38. The maximum Gasteiger partial charge on any atom is 0.251 e. The van der Waals surface area contributed by atoms with Gasteiger partial charge in [-0.2, -0.15) is 0 Å². The van der Waals surface area contributed by atoms with Crippen LogP contribution in [0, 0.1) is 0 Å². The van der Waals surface area contributed by atoms with E-state index in [0.717, 1.165) is 0 Å². The fraction of sp³-hybridized carbons (Fsp3) is 0.462. The van der Waals surface area contributed by atoms with E-state index in [1.807, 2.05) is 0 Å². The zero-order valence-electron chi connectivity index (χ0n) is 11.0. The van der Waals surface area contributed by atoms with Crippen LogP contribution in [0.1, 0.15) is 10.4 Å². The summed E-state index contributed by atoms with van der Waals surface area (Å²) in [6.07, 6.45) is -0.753. The van der Waals surface area contributed by atoms with Gasteiger partial charge in [-0.05, 0) is 12.1 Å². The van der Waals surface area contributed by atoms with E-state index in [1.54, 1.807) is 6.07 Å². The minimum atomic E-state index is -0.753. The fourth-order valence-corrected chi connectivity index (χ4v) is 2.07. The Balaban J connectivity index is 2.05. The molecule has 2 rings (SSSR count). The van der Waals surface area contributed by atoms with Crippen LogP contribution in [0.4, 0.5) is 0 Å². The van der Waals surface area contributed by atoms with E-state index >= 15 is 0 Å². The highest BCUT2D eigenvalue weighted by Gasteiger charge is 2.19. The number of nitrogens with one attached hydrogen (secondary N) is 1. The SMILES string of the molecule is COCC(O)CNC(=O)c1cc(Cl)c2c(c1)OCCO2. The van der Waals surface area contributed by atoms with Crippen LogP contribution in [0.3, 0.4) is 0 Å². The van der Waals surface area contributed by atoms with E-state index in [4.69, 9.17) is 25.8 Å². The van der Waals surface area contributed by atoms with Gasteiger partial charge in [0.2, 0.25) is 0 Å². The number of carbonyl (C=O) groups is 1. The summed E-state index contributed by atoms with van der Waals surface area (Å²) in [7, 11) is 1.48. The fourth-order valence-electron chi connectivity index (χ4n) is 1.81. The minimum Gasteiger partial charge on any atom is -0.486 e. The van der Waals surface area contributed by atoms with E-state index in [0.29, 0.717) is 35.3 Å². The second-order valence-corrected chi connectivity index (χ2v) is 4.71. The smallest absolute Gasteiger partial charge is 0.251 e. The van der Waals surface area contributed by atoms with Gasteiger partial charge in [0.05, 0.1) is 17.7 Å². The van der Waals surface area contributed by atoms with Gasteiger partial charge in [0.1, 0.15) is 13.2 Å². The molecule has 2 N–H and O–H groups in total. The largest absolute Gasteiger partial charge is 0.486 e. The number of ether oxygens (including phenoxy) is 3. The van der Waals surface area contributed by atoms with Gasteiger partial charge in [0.25, 0.3) is 5.91 Å². The number of aliphatic hydroxyl groups is 1. The Morgan fingerprint density at radius 3 is 3.00 bits per heavy atom. The van der Waals surface area contributed by atoms with Crippen LogP contribution in [0.15, 0.2) is 12.1 Å². The van der Waals surface area contributed by atoms with E-state index in [9.17, 15) is 9.90 Å². The first-order valence-corrected chi connectivity index (χ1v) is 6.54. The second-order valence-electron chi connectivity index (χ2n) is 4.30. The first-order valence-electron chi connectivity index (χ1n) is 6.16. The van der Waals surface area contributed by atoms with Crippen molar-refractivity contribution >= 4 is 17.5 Å². The number of benzene rings is 1. The molecule has 1 aliphatic rings. The van der Waals surface area contributed by atoms with Crippen molar-refractivity contribution in [2.45, 2.75) is 6.10 Å². The lowest BCUT2D eigenvalue weighted by molar-refractivity contribution is 0.0609. The van der Waals surface area contributed by atoms with Gasteiger partial charge in [-0.1, -0.05) is 11.6 Å². The summed E-state index contributed by atoms with van der Waals surface area (Å²) < 4.78 is 15.6. The van der Waals surface area contributed by atoms with Gasteiger partial charge < -0.3 is 24.6 Å². The lowest BCUT2D eigenvalue weighted by Crippen LogP contribution is -2.34. The Bertz CT molecular complexity index is 494. The molecular formula is C13H16ClNO5. The van der Waals surface area contributed by atoms with Gasteiger partial charge in [-0.25, -0.2) is 0 Å². The molecule has 1 atom stereocenters. The predicted octanol–water partition coefficient (Wildman–Crippen LogP) is 0.848. The maximum absolute atomic E-state index is 12.0. The number of carbonyl (C=O) groups excluding carboxylic acids is 1. The van der Waals surface area contributed by atoms with Crippen molar-refractivity contribution in [3.05, 3.63) is 22.7 Å². The molecule has 0 aromatic heterocycles. The lowest BCUT2D eigenvalue weighted by atomic mass is 10.1. The van der Waals surface area contributed by atoms with E-state index in [-0.39, 0.29) is 19.1 Å². The van der Waals surface area contributed by atoms with Crippen LogP contribution in [0.2, 0.25) is 5.02 Å². The second kappa shape index (κ2) is 6.78. The van der Waals surface area contributed by atoms with Crippen molar-refractivity contribution in [1.29, 1.82) is 0 Å². The number of aliphatic hydroxyl groups excluding tert-OH is 1. The Morgan fingerprint density at radius 1 is 1.50 bits per heavy atom. The maximum atomic E-state index is 12.0. The third-order valence-electron chi connectivity index (χ3n) is 2.72. The van der Waals surface area contributed by atoms with Crippen LogP contribution in [0.5, 0.6) is 11.5 Å². The highest BCUT2D eigenvalue weighted by atomic mass is 35.5. The zero-order valence-corrected chi connectivity index (χ0v) is 11.8. The summed E-state index contributed by atoms with van der Waals surface area (Å²) in [5, 5.41) is 12.4. The molecule has 0 fully saturated rings. The van der Waals surface area contributed by atoms with Gasteiger partial charge >= 0.3 is 0 Å². The van der Waals surface area contributed by atoms with Crippen LogP contribution in [-0.2, 0) is 4.74 Å². The molecule has 1 unspecified atom stereocenters. The summed E-state index contributed by atoms with van der Waals surface area (Å²) in [6.45, 7) is 1.10. The number of rotatable bonds is 5. The van der Waals surface area contributed by atoms with E-state index in [2.05, 4.69) is 5.32 Å². The van der Waals surface area contributed by atoms with Crippen molar-refractivity contribution in [1.82, 2.24) is 5.32 Å². The molecule has 110 valence electrons. The van der Waals surface area contributed by atoms with Crippen molar-refractivity contribution in [2.75, 3.05) is 33.5 Å². The van der Waals surface area contributed by atoms with Crippen LogP contribution >= 0.6 is 11.6 Å². The Kier molecular flexibility index (Phi) is 5.05. The van der Waals surface area contributed by atoms with Crippen LogP contribution < -0.4 is 14.8 Å². The first-order chi connectivity index (χ1) is 9.61. The van der Waals surface area contributed by atoms with Crippen molar-refractivity contribution < 1.29 is 24.1 Å². The Labute approximate surface area is 121 Å². The van der Waals surface area contributed by atoms with Crippen LogP contribution in [-0.4, -0.2) is 50.6 Å². The zero-order chi connectivity index (χ0) is 14.5. The lowest BCUT2D eigenvalue weighted by Gasteiger charge is -2.20. The molecule has 7 heteroatoms. The molecule has 20 heavy (non-hydrogen) atoms. The van der Waals surface area contributed by atoms with Gasteiger partial charge in [-0.15, -0.1) is 0 Å². The standard InChI is InChI=1S/C13H16ClNO5/c1-18-7-9(16)6-15-13(17)8-4-10(14)12-11(5-8)19-2-3-20-12/h4-5,9,16H,2-3,6-7H2,1H3,(H,15,17). The van der Waals surface area contributed by atoms with Crippen molar-refractivity contribution in [2.24, 2.45) is 0 Å². The molecule has 1 aromatic carbocycles. The molecule has 1 aromatic rings. The molecule has 0 aliphatic carbocycles. The normalized spacial score (nSPS) is 14.8. The van der Waals surface area contributed by atoms with Gasteiger partial charge in [0.15, 0.2) is 11.5 Å². The average Bonchev–Trinajstić information content (AvgIpc) is 2.45. The summed E-state index contributed by atoms with van der Waals surface area (Å²) in [5.74, 6) is 0.555. The molecule has 1 amide bonds. The van der Waals surface area contributed by atoms with Crippen molar-refractivity contribution in [3.63, 3.8) is 0 Å². The van der Waals surface area contributed by atoms with Crippen LogP contribution in [0.25, 0.3) is 0 Å². The average molecular weight is 302 g/mol. The number of halogens is 1. The number of amides is 1. The predicted molar refractivity (Wildman–Crippen MR) is 72.7 cm³/mol. The monoisotopic (exact) mass is 301 g/mol. The summed E-state index contributed by atoms with van der Waals surface area (Å²) in [6, 6.07) is 3.07. The number of hydrogen-bond acceptors (Lipinski definition) is 5. The first kappa shape index (κ1) is 14.9. The van der Waals surface area contributed by atoms with Crippen molar-refractivity contribution in [3.8, 4) is 11.5 Å². The summed E-state index contributed by atoms with van der Waals surface area (Å²) in [4.78, 5) is 12.0. The van der Waals surface area contributed by atoms with E-state index < -0.39 is 6.10 Å². The molecule has 0 bridgehead atoms. The molecule has 0 spiro atoms. The summed E-state index contributed by atoms with van der Waals surface area (Å²) in [5.41, 5.74) is 0.351. The topological polar surface area (TPSA) is 77.0 Å². The number of hydrogen-bond donors (Lipinski definition) is 2. The number of fused-ring (bicyclic) bond motifs is 1. The number of methoxy groups -OCH3 is 1. The highest BCUT2D eigenvalue weighted by molar-refractivity contribution is 6.32. The van der Waals surface area contributed by atoms with Gasteiger partial charge in [0, 0.05) is 19.2 Å². The summed E-state index contributed by atoms with van der Waals surface area (Å²) >= 11 is 6.05.